The SMILES string of the molecule is O=S(CC1CCC2(CCCCC2)O1)c1ccc(F)cc1. The molecule has 0 N–H and O–H groups in total. The maximum Gasteiger partial charge on any atom is 0.123 e. The molecule has 20 heavy (non-hydrogen) atoms. The Morgan fingerprint density at radius 3 is 2.55 bits per heavy atom. The molecule has 4 heteroatoms. The highest BCUT2D eigenvalue weighted by Crippen LogP contribution is 2.42. The third-order valence-corrected chi connectivity index (χ3v) is 5.99. The van der Waals surface area contributed by atoms with Crippen molar-refractivity contribution in [3.8, 4) is 0 Å². The van der Waals surface area contributed by atoms with Crippen molar-refractivity contribution >= 4 is 10.8 Å². The zero-order valence-electron chi connectivity index (χ0n) is 11.6. The Bertz CT molecular complexity index is 480. The lowest BCUT2D eigenvalue weighted by Gasteiger charge is -2.33. The Morgan fingerprint density at radius 1 is 1.15 bits per heavy atom. The predicted molar refractivity (Wildman–Crippen MR) is 77.6 cm³/mol. The van der Waals surface area contributed by atoms with E-state index in [1.54, 1.807) is 12.1 Å². The van der Waals surface area contributed by atoms with Crippen molar-refractivity contribution in [1.29, 1.82) is 0 Å². The number of hydrogen-bond acceptors (Lipinski definition) is 2. The van der Waals surface area contributed by atoms with Gasteiger partial charge in [0.2, 0.25) is 0 Å². The number of hydrogen-bond donors (Lipinski definition) is 0. The third-order valence-electron chi connectivity index (χ3n) is 4.52. The van der Waals surface area contributed by atoms with Gasteiger partial charge >= 0.3 is 0 Å². The van der Waals surface area contributed by atoms with E-state index in [0.29, 0.717) is 10.6 Å². The molecule has 1 heterocycles. The normalized spacial score (nSPS) is 26.8. The van der Waals surface area contributed by atoms with Crippen molar-refractivity contribution in [3.05, 3.63) is 30.1 Å². The van der Waals surface area contributed by atoms with E-state index in [1.807, 2.05) is 0 Å². The summed E-state index contributed by atoms with van der Waals surface area (Å²) in [6, 6.07) is 5.95. The summed E-state index contributed by atoms with van der Waals surface area (Å²) >= 11 is 0. The molecule has 2 fully saturated rings. The Labute approximate surface area is 122 Å². The van der Waals surface area contributed by atoms with E-state index in [0.717, 1.165) is 25.7 Å². The minimum atomic E-state index is -1.09. The maximum atomic E-state index is 12.9. The van der Waals surface area contributed by atoms with E-state index in [9.17, 15) is 8.60 Å². The second kappa shape index (κ2) is 5.94. The lowest BCUT2D eigenvalue weighted by Crippen LogP contribution is -2.32. The summed E-state index contributed by atoms with van der Waals surface area (Å²) in [7, 11) is -1.09. The molecule has 2 aliphatic rings. The van der Waals surface area contributed by atoms with Gasteiger partial charge < -0.3 is 4.74 Å². The molecule has 0 aromatic heterocycles. The molecular formula is C16H21FO2S. The molecule has 1 aromatic rings. The van der Waals surface area contributed by atoms with Gasteiger partial charge in [0.15, 0.2) is 0 Å². The average Bonchev–Trinajstić information content (AvgIpc) is 2.83. The van der Waals surface area contributed by atoms with E-state index >= 15 is 0 Å². The van der Waals surface area contributed by atoms with E-state index in [1.165, 1.54) is 31.4 Å². The fourth-order valence-electron chi connectivity index (χ4n) is 3.43. The van der Waals surface area contributed by atoms with Gasteiger partial charge in [0, 0.05) is 4.90 Å². The molecule has 110 valence electrons. The molecular weight excluding hydrogens is 275 g/mol. The van der Waals surface area contributed by atoms with Crippen LogP contribution in [0.4, 0.5) is 4.39 Å². The van der Waals surface area contributed by atoms with Crippen molar-refractivity contribution in [2.45, 2.75) is 61.5 Å². The van der Waals surface area contributed by atoms with E-state index in [4.69, 9.17) is 4.74 Å². The van der Waals surface area contributed by atoms with Crippen molar-refractivity contribution in [2.75, 3.05) is 5.75 Å². The van der Waals surface area contributed by atoms with Crippen LogP contribution in [-0.4, -0.2) is 21.7 Å². The molecule has 1 spiro atoms. The summed E-state index contributed by atoms with van der Waals surface area (Å²) in [5.41, 5.74) is 0.0793. The summed E-state index contributed by atoms with van der Waals surface area (Å²) in [6.07, 6.45) is 8.36. The van der Waals surface area contributed by atoms with E-state index in [2.05, 4.69) is 0 Å². The topological polar surface area (TPSA) is 26.3 Å². The highest BCUT2D eigenvalue weighted by molar-refractivity contribution is 7.85. The van der Waals surface area contributed by atoms with Gasteiger partial charge in [-0.05, 0) is 49.9 Å². The molecule has 1 saturated heterocycles. The fourth-order valence-corrected chi connectivity index (χ4v) is 4.63. The lowest BCUT2D eigenvalue weighted by molar-refractivity contribution is -0.0557. The van der Waals surface area contributed by atoms with Crippen molar-refractivity contribution < 1.29 is 13.3 Å². The van der Waals surface area contributed by atoms with Crippen LogP contribution in [0.2, 0.25) is 0 Å². The van der Waals surface area contributed by atoms with Gasteiger partial charge in [-0.2, -0.15) is 0 Å². The average molecular weight is 296 g/mol. The van der Waals surface area contributed by atoms with Gasteiger partial charge in [0.25, 0.3) is 0 Å². The highest BCUT2D eigenvalue weighted by Gasteiger charge is 2.41. The van der Waals surface area contributed by atoms with Gasteiger partial charge in [-0.1, -0.05) is 19.3 Å². The molecule has 1 aromatic carbocycles. The first kappa shape index (κ1) is 14.2. The number of rotatable bonds is 3. The summed E-state index contributed by atoms with van der Waals surface area (Å²) in [6.45, 7) is 0. The maximum absolute atomic E-state index is 12.9. The fraction of sp³-hybridized carbons (Fsp3) is 0.625. The monoisotopic (exact) mass is 296 g/mol. The van der Waals surface area contributed by atoms with Gasteiger partial charge in [-0.25, -0.2) is 4.39 Å². The van der Waals surface area contributed by atoms with Crippen LogP contribution in [0.25, 0.3) is 0 Å². The summed E-state index contributed by atoms with van der Waals surface area (Å²) in [5, 5.41) is 0. The number of benzene rings is 1. The minimum absolute atomic E-state index is 0.0793. The molecule has 2 unspecified atom stereocenters. The summed E-state index contributed by atoms with van der Waals surface area (Å²) < 4.78 is 31.4. The Morgan fingerprint density at radius 2 is 1.85 bits per heavy atom. The van der Waals surface area contributed by atoms with Crippen LogP contribution in [0, 0.1) is 5.82 Å². The number of ether oxygens (including phenoxy) is 1. The minimum Gasteiger partial charge on any atom is -0.371 e. The Hall–Kier alpha value is -0.740. The molecule has 1 aliphatic carbocycles. The molecule has 1 saturated carbocycles. The molecule has 0 radical (unpaired) electrons. The zero-order valence-corrected chi connectivity index (χ0v) is 12.5. The Balaban J connectivity index is 1.59. The molecule has 0 amide bonds. The van der Waals surface area contributed by atoms with Crippen molar-refractivity contribution in [2.24, 2.45) is 0 Å². The largest absolute Gasteiger partial charge is 0.371 e. The zero-order chi connectivity index (χ0) is 14.0. The number of halogens is 1. The van der Waals surface area contributed by atoms with Crippen molar-refractivity contribution in [3.63, 3.8) is 0 Å². The molecule has 3 rings (SSSR count). The van der Waals surface area contributed by atoms with Crippen LogP contribution in [0.5, 0.6) is 0 Å². The third kappa shape index (κ3) is 3.12. The van der Waals surface area contributed by atoms with Crippen LogP contribution in [0.15, 0.2) is 29.2 Å². The highest BCUT2D eigenvalue weighted by atomic mass is 32.2. The lowest BCUT2D eigenvalue weighted by atomic mass is 9.83. The first-order chi connectivity index (χ1) is 9.67. The molecule has 2 nitrogen and oxygen atoms in total. The van der Waals surface area contributed by atoms with E-state index in [-0.39, 0.29) is 17.5 Å². The van der Waals surface area contributed by atoms with Gasteiger partial charge in [0.1, 0.15) is 5.82 Å². The van der Waals surface area contributed by atoms with Crippen LogP contribution >= 0.6 is 0 Å². The van der Waals surface area contributed by atoms with Crippen LogP contribution in [0.3, 0.4) is 0 Å². The van der Waals surface area contributed by atoms with Crippen LogP contribution in [-0.2, 0) is 15.5 Å². The molecule has 1 aliphatic heterocycles. The van der Waals surface area contributed by atoms with Gasteiger partial charge in [0.05, 0.1) is 28.3 Å². The molecule has 0 bridgehead atoms. The first-order valence-corrected chi connectivity index (χ1v) is 8.81. The predicted octanol–water partition coefficient (Wildman–Crippen LogP) is 3.82. The summed E-state index contributed by atoms with van der Waals surface area (Å²) in [4.78, 5) is 0.694. The quantitative estimate of drug-likeness (QED) is 0.847. The van der Waals surface area contributed by atoms with Gasteiger partial charge in [-0.15, -0.1) is 0 Å². The van der Waals surface area contributed by atoms with Gasteiger partial charge in [-0.3, -0.25) is 4.21 Å². The smallest absolute Gasteiger partial charge is 0.123 e. The second-order valence-corrected chi connectivity index (χ2v) is 7.48. The van der Waals surface area contributed by atoms with Crippen LogP contribution < -0.4 is 0 Å². The standard InChI is InChI=1S/C16H21FO2S/c17-13-4-6-15(7-5-13)20(18)12-14-8-11-16(19-14)9-2-1-3-10-16/h4-7,14H,1-3,8-12H2. The first-order valence-electron chi connectivity index (χ1n) is 7.49. The van der Waals surface area contributed by atoms with Crippen molar-refractivity contribution in [1.82, 2.24) is 0 Å². The van der Waals surface area contributed by atoms with E-state index < -0.39 is 10.8 Å². The second-order valence-electron chi connectivity index (χ2n) is 5.99. The molecule has 2 atom stereocenters. The Kier molecular flexibility index (Phi) is 4.22. The van der Waals surface area contributed by atoms with Crippen LogP contribution in [0.1, 0.15) is 44.9 Å². The summed E-state index contributed by atoms with van der Waals surface area (Å²) in [5.74, 6) is 0.247.